The van der Waals surface area contributed by atoms with Gasteiger partial charge in [0.1, 0.15) is 0 Å². The van der Waals surface area contributed by atoms with Crippen LogP contribution in [-0.2, 0) is 4.79 Å². The average molecular weight is 283 g/mol. The SMILES string of the molecule is C[C@@H](NC(=O)C(F)(F)F)c1ccc(-n2cccn2)cc1. The molecule has 0 saturated heterocycles. The van der Waals surface area contributed by atoms with Crippen molar-refractivity contribution in [3.63, 3.8) is 0 Å². The van der Waals surface area contributed by atoms with E-state index in [1.54, 1.807) is 47.4 Å². The molecule has 106 valence electrons. The molecule has 1 amide bonds. The van der Waals surface area contributed by atoms with Gasteiger partial charge in [-0.1, -0.05) is 12.1 Å². The molecule has 0 fully saturated rings. The molecule has 1 atom stereocenters. The Hall–Kier alpha value is -2.31. The number of carbonyl (C=O) groups excluding carboxylic acids is 1. The first kappa shape index (κ1) is 14.1. The van der Waals surface area contributed by atoms with Crippen molar-refractivity contribution < 1.29 is 18.0 Å². The van der Waals surface area contributed by atoms with Crippen LogP contribution < -0.4 is 5.32 Å². The second-order valence-corrected chi connectivity index (χ2v) is 4.24. The van der Waals surface area contributed by atoms with Crippen LogP contribution in [0.25, 0.3) is 5.69 Å². The summed E-state index contributed by atoms with van der Waals surface area (Å²) in [6, 6.07) is 7.78. The van der Waals surface area contributed by atoms with Crippen LogP contribution in [0.4, 0.5) is 13.2 Å². The summed E-state index contributed by atoms with van der Waals surface area (Å²) in [4.78, 5) is 10.9. The van der Waals surface area contributed by atoms with Crippen LogP contribution in [0.5, 0.6) is 0 Å². The molecule has 4 nitrogen and oxygen atoms in total. The molecule has 0 saturated carbocycles. The summed E-state index contributed by atoms with van der Waals surface area (Å²) in [7, 11) is 0. The van der Waals surface area contributed by atoms with Crippen molar-refractivity contribution in [2.75, 3.05) is 0 Å². The smallest absolute Gasteiger partial charge is 0.342 e. The van der Waals surface area contributed by atoms with Crippen LogP contribution in [-0.4, -0.2) is 21.9 Å². The van der Waals surface area contributed by atoms with E-state index in [1.165, 1.54) is 6.92 Å². The Balaban J connectivity index is 2.08. The van der Waals surface area contributed by atoms with E-state index in [0.717, 1.165) is 5.69 Å². The number of hydrogen-bond donors (Lipinski definition) is 1. The average Bonchev–Trinajstić information content (AvgIpc) is 2.91. The minimum Gasteiger partial charge on any atom is -0.342 e. The maximum absolute atomic E-state index is 12.2. The Morgan fingerprint density at radius 3 is 2.45 bits per heavy atom. The third kappa shape index (κ3) is 3.17. The lowest BCUT2D eigenvalue weighted by atomic mass is 10.1. The number of nitrogens with zero attached hydrogens (tertiary/aromatic N) is 2. The van der Waals surface area contributed by atoms with E-state index in [4.69, 9.17) is 0 Å². The fourth-order valence-corrected chi connectivity index (χ4v) is 1.70. The van der Waals surface area contributed by atoms with Crippen molar-refractivity contribution in [3.05, 3.63) is 48.3 Å². The lowest BCUT2D eigenvalue weighted by Crippen LogP contribution is -2.38. The van der Waals surface area contributed by atoms with E-state index in [1.807, 2.05) is 5.32 Å². The van der Waals surface area contributed by atoms with E-state index in [0.29, 0.717) is 5.56 Å². The summed E-state index contributed by atoms with van der Waals surface area (Å²) in [5, 5.41) is 5.94. The van der Waals surface area contributed by atoms with Crippen molar-refractivity contribution >= 4 is 5.91 Å². The van der Waals surface area contributed by atoms with Crippen molar-refractivity contribution in [1.29, 1.82) is 0 Å². The third-order valence-corrected chi connectivity index (χ3v) is 2.77. The van der Waals surface area contributed by atoms with Crippen LogP contribution in [0, 0.1) is 0 Å². The molecule has 1 aromatic heterocycles. The van der Waals surface area contributed by atoms with Gasteiger partial charge in [0.05, 0.1) is 11.7 Å². The van der Waals surface area contributed by atoms with Crippen LogP contribution in [0.1, 0.15) is 18.5 Å². The molecule has 0 bridgehead atoms. The van der Waals surface area contributed by atoms with Gasteiger partial charge in [-0.25, -0.2) is 4.68 Å². The van der Waals surface area contributed by atoms with Gasteiger partial charge < -0.3 is 5.32 Å². The van der Waals surface area contributed by atoms with Gasteiger partial charge >= 0.3 is 12.1 Å². The van der Waals surface area contributed by atoms with Crippen LogP contribution in [0.15, 0.2) is 42.7 Å². The molecule has 0 aliphatic carbocycles. The number of alkyl halides is 3. The van der Waals surface area contributed by atoms with Crippen LogP contribution in [0.3, 0.4) is 0 Å². The molecule has 0 spiro atoms. The highest BCUT2D eigenvalue weighted by atomic mass is 19.4. The van der Waals surface area contributed by atoms with Crippen LogP contribution in [0.2, 0.25) is 0 Å². The van der Waals surface area contributed by atoms with E-state index in [2.05, 4.69) is 5.10 Å². The summed E-state index contributed by atoms with van der Waals surface area (Å²) in [5.74, 6) is -1.94. The topological polar surface area (TPSA) is 46.9 Å². The molecule has 20 heavy (non-hydrogen) atoms. The molecule has 1 aromatic carbocycles. The maximum atomic E-state index is 12.2. The number of halogens is 3. The summed E-state index contributed by atoms with van der Waals surface area (Å²) in [6.07, 6.45) is -1.49. The number of benzene rings is 1. The Bertz CT molecular complexity index is 576. The Labute approximate surface area is 113 Å². The van der Waals surface area contributed by atoms with Crippen LogP contribution >= 0.6 is 0 Å². The molecule has 0 aliphatic rings. The predicted molar refractivity (Wildman–Crippen MR) is 66.2 cm³/mol. The molecule has 1 N–H and O–H groups in total. The van der Waals surface area contributed by atoms with Gasteiger partial charge in [-0.3, -0.25) is 4.79 Å². The summed E-state index contributed by atoms with van der Waals surface area (Å²) < 4.78 is 38.1. The molecule has 0 aliphatic heterocycles. The lowest BCUT2D eigenvalue weighted by molar-refractivity contribution is -0.174. The second kappa shape index (κ2) is 5.36. The monoisotopic (exact) mass is 283 g/mol. The van der Waals surface area contributed by atoms with Crippen molar-refractivity contribution in [1.82, 2.24) is 15.1 Å². The zero-order valence-corrected chi connectivity index (χ0v) is 10.6. The highest BCUT2D eigenvalue weighted by Gasteiger charge is 2.39. The zero-order valence-electron chi connectivity index (χ0n) is 10.6. The first-order valence-corrected chi connectivity index (χ1v) is 5.85. The quantitative estimate of drug-likeness (QED) is 0.941. The molecule has 7 heteroatoms. The number of amides is 1. The van der Waals surface area contributed by atoms with E-state index in [9.17, 15) is 18.0 Å². The number of carbonyl (C=O) groups is 1. The maximum Gasteiger partial charge on any atom is 0.471 e. The summed E-state index contributed by atoms with van der Waals surface area (Å²) in [5.41, 5.74) is 1.37. The highest BCUT2D eigenvalue weighted by molar-refractivity contribution is 5.82. The second-order valence-electron chi connectivity index (χ2n) is 4.24. The molecular formula is C13H12F3N3O. The van der Waals surface area contributed by atoms with Gasteiger partial charge in [0.2, 0.25) is 0 Å². The lowest BCUT2D eigenvalue weighted by Gasteiger charge is -2.16. The molecule has 2 rings (SSSR count). The molecule has 2 aromatic rings. The number of aromatic nitrogens is 2. The van der Waals surface area contributed by atoms with E-state index < -0.39 is 18.1 Å². The predicted octanol–water partition coefficient (Wildman–Crippen LogP) is 2.61. The van der Waals surface area contributed by atoms with Gasteiger partial charge in [-0.15, -0.1) is 0 Å². The zero-order chi connectivity index (χ0) is 14.8. The van der Waals surface area contributed by atoms with E-state index in [-0.39, 0.29) is 0 Å². The number of hydrogen-bond acceptors (Lipinski definition) is 2. The fraction of sp³-hybridized carbons (Fsp3) is 0.231. The van der Waals surface area contributed by atoms with Gasteiger partial charge in [0.25, 0.3) is 0 Å². The normalized spacial score (nSPS) is 13.0. The van der Waals surface area contributed by atoms with Gasteiger partial charge in [0, 0.05) is 12.4 Å². The summed E-state index contributed by atoms with van der Waals surface area (Å²) >= 11 is 0. The first-order chi connectivity index (χ1) is 9.38. The Morgan fingerprint density at radius 1 is 1.30 bits per heavy atom. The van der Waals surface area contributed by atoms with Crippen molar-refractivity contribution in [2.45, 2.75) is 19.1 Å². The Morgan fingerprint density at radius 2 is 1.95 bits per heavy atom. The minimum atomic E-state index is -4.87. The molecular weight excluding hydrogens is 271 g/mol. The van der Waals surface area contributed by atoms with Gasteiger partial charge in [0.15, 0.2) is 0 Å². The van der Waals surface area contributed by atoms with Gasteiger partial charge in [-0.05, 0) is 30.7 Å². The van der Waals surface area contributed by atoms with Crippen molar-refractivity contribution in [2.24, 2.45) is 0 Å². The standard InChI is InChI=1S/C13H12F3N3O/c1-9(18-12(20)13(14,15)16)10-3-5-11(6-4-10)19-8-2-7-17-19/h2-9H,1H3,(H,18,20)/t9-/m1/s1. The van der Waals surface area contributed by atoms with Crippen molar-refractivity contribution in [3.8, 4) is 5.69 Å². The molecule has 0 radical (unpaired) electrons. The largest absolute Gasteiger partial charge is 0.471 e. The molecule has 0 unspecified atom stereocenters. The third-order valence-electron chi connectivity index (χ3n) is 2.77. The highest BCUT2D eigenvalue weighted by Crippen LogP contribution is 2.19. The molecule has 1 heterocycles. The number of nitrogens with one attached hydrogen (secondary N) is 1. The first-order valence-electron chi connectivity index (χ1n) is 5.85. The van der Waals surface area contributed by atoms with Gasteiger partial charge in [-0.2, -0.15) is 18.3 Å². The minimum absolute atomic E-state index is 0.582. The fourth-order valence-electron chi connectivity index (χ4n) is 1.70. The van der Waals surface area contributed by atoms with E-state index >= 15 is 0 Å². The Kier molecular flexibility index (Phi) is 3.78. The number of rotatable bonds is 3. The summed E-state index contributed by atoms with van der Waals surface area (Å²) in [6.45, 7) is 1.49.